The summed E-state index contributed by atoms with van der Waals surface area (Å²) in [4.78, 5) is 24.9. The van der Waals surface area contributed by atoms with Crippen molar-refractivity contribution in [3.8, 4) is 11.6 Å². The van der Waals surface area contributed by atoms with Gasteiger partial charge in [0.1, 0.15) is 5.75 Å². The summed E-state index contributed by atoms with van der Waals surface area (Å²) in [5.41, 5.74) is 2.04. The zero-order valence-corrected chi connectivity index (χ0v) is 13.4. The third kappa shape index (κ3) is 3.92. The van der Waals surface area contributed by atoms with Crippen LogP contribution in [-0.2, 0) is 0 Å². The molecule has 0 aliphatic carbocycles. The molecular weight excluding hydrogens is 304 g/mol. The van der Waals surface area contributed by atoms with E-state index in [1.165, 1.54) is 0 Å². The highest BCUT2D eigenvalue weighted by atomic mass is 16.5. The van der Waals surface area contributed by atoms with Crippen molar-refractivity contribution in [1.29, 1.82) is 0 Å². The maximum Gasteiger partial charge on any atom is 0.258 e. The molecule has 2 aromatic heterocycles. The lowest BCUT2D eigenvalue weighted by Crippen LogP contribution is -2.15. The number of amides is 1. The number of aryl methyl sites for hydroxylation is 2. The van der Waals surface area contributed by atoms with Crippen molar-refractivity contribution in [3.05, 3.63) is 71.7 Å². The number of nitrogens with zero attached hydrogens (tertiary/aromatic N) is 3. The molecule has 0 spiro atoms. The quantitative estimate of drug-likeness (QED) is 0.795. The van der Waals surface area contributed by atoms with Crippen LogP contribution in [0.1, 0.15) is 21.7 Å². The Labute approximate surface area is 139 Å². The molecule has 24 heavy (non-hydrogen) atoms. The Balaban J connectivity index is 1.76. The fourth-order valence-corrected chi connectivity index (χ4v) is 2.18. The molecule has 0 aliphatic heterocycles. The van der Waals surface area contributed by atoms with E-state index in [4.69, 9.17) is 4.74 Å². The number of hydrogen-bond acceptors (Lipinski definition) is 5. The molecule has 0 aliphatic rings. The fourth-order valence-electron chi connectivity index (χ4n) is 2.18. The van der Waals surface area contributed by atoms with Gasteiger partial charge in [0.05, 0.1) is 0 Å². The second-order valence-electron chi connectivity index (χ2n) is 5.23. The lowest BCUT2D eigenvalue weighted by molar-refractivity contribution is 0.102. The molecule has 3 rings (SSSR count). The van der Waals surface area contributed by atoms with Crippen LogP contribution < -0.4 is 10.1 Å². The molecule has 120 valence electrons. The number of benzene rings is 1. The molecule has 2 heterocycles. The summed E-state index contributed by atoms with van der Waals surface area (Å²) >= 11 is 0. The Morgan fingerprint density at radius 1 is 1.00 bits per heavy atom. The highest BCUT2D eigenvalue weighted by Crippen LogP contribution is 2.20. The third-order valence-electron chi connectivity index (χ3n) is 3.16. The van der Waals surface area contributed by atoms with E-state index >= 15 is 0 Å². The van der Waals surface area contributed by atoms with Crippen molar-refractivity contribution < 1.29 is 9.53 Å². The molecule has 0 radical (unpaired) electrons. The van der Waals surface area contributed by atoms with Gasteiger partial charge in [-0.2, -0.15) is 0 Å². The number of carbonyl (C=O) groups is 1. The summed E-state index contributed by atoms with van der Waals surface area (Å²) in [5.74, 6) is 0.982. The van der Waals surface area contributed by atoms with Crippen molar-refractivity contribution in [2.45, 2.75) is 13.8 Å². The number of anilines is 1. The number of aromatic nitrogens is 3. The van der Waals surface area contributed by atoms with E-state index in [0.717, 1.165) is 11.4 Å². The summed E-state index contributed by atoms with van der Waals surface area (Å²) in [6, 6.07) is 14.1. The number of pyridine rings is 1. The van der Waals surface area contributed by atoms with E-state index in [2.05, 4.69) is 20.3 Å². The molecule has 6 heteroatoms. The summed E-state index contributed by atoms with van der Waals surface area (Å²) in [6.07, 6.45) is 1.64. The predicted octanol–water partition coefficient (Wildman–Crippen LogP) is 3.53. The first kappa shape index (κ1) is 15.6. The van der Waals surface area contributed by atoms with Crippen LogP contribution in [0.15, 0.2) is 54.7 Å². The lowest BCUT2D eigenvalue weighted by Gasteiger charge is -2.08. The Bertz CT molecular complexity index is 846. The second kappa shape index (κ2) is 6.87. The Morgan fingerprint density at radius 2 is 1.79 bits per heavy atom. The molecule has 0 saturated heterocycles. The average Bonchev–Trinajstić information content (AvgIpc) is 2.55. The minimum Gasteiger partial charge on any atom is -0.439 e. The Kier molecular flexibility index (Phi) is 4.47. The molecule has 0 fully saturated rings. The van der Waals surface area contributed by atoms with Crippen molar-refractivity contribution in [1.82, 2.24) is 15.0 Å². The van der Waals surface area contributed by atoms with Gasteiger partial charge in [0.15, 0.2) is 0 Å². The summed E-state index contributed by atoms with van der Waals surface area (Å²) in [6.45, 7) is 3.71. The van der Waals surface area contributed by atoms with Gasteiger partial charge in [0, 0.05) is 29.2 Å². The molecule has 3 aromatic rings. The van der Waals surface area contributed by atoms with E-state index in [1.54, 1.807) is 42.6 Å². The molecule has 0 saturated carbocycles. The topological polar surface area (TPSA) is 77.0 Å². The van der Waals surface area contributed by atoms with E-state index in [0.29, 0.717) is 17.2 Å². The highest BCUT2D eigenvalue weighted by molar-refractivity contribution is 6.03. The summed E-state index contributed by atoms with van der Waals surface area (Å²) < 4.78 is 5.64. The minimum absolute atomic E-state index is 0.286. The van der Waals surface area contributed by atoms with Gasteiger partial charge in [0.2, 0.25) is 11.8 Å². The van der Waals surface area contributed by atoms with Gasteiger partial charge in [0.25, 0.3) is 5.91 Å². The van der Waals surface area contributed by atoms with E-state index in [-0.39, 0.29) is 11.9 Å². The largest absolute Gasteiger partial charge is 0.439 e. The number of hydrogen-bond donors (Lipinski definition) is 1. The maximum absolute atomic E-state index is 12.4. The SMILES string of the molecule is Cc1cc(C)nc(NC(=O)c2cccc(Oc3ccccn3)c2)n1. The van der Waals surface area contributed by atoms with Crippen LogP contribution in [-0.4, -0.2) is 20.9 Å². The van der Waals surface area contributed by atoms with Gasteiger partial charge in [-0.3, -0.25) is 10.1 Å². The molecule has 0 unspecified atom stereocenters. The lowest BCUT2D eigenvalue weighted by atomic mass is 10.2. The standard InChI is InChI=1S/C18H16N4O2/c1-12-10-13(2)21-18(20-12)22-17(23)14-6-5-7-15(11-14)24-16-8-3-4-9-19-16/h3-11H,1-2H3,(H,20,21,22,23). The van der Waals surface area contributed by atoms with E-state index in [1.807, 2.05) is 26.0 Å². The van der Waals surface area contributed by atoms with Gasteiger partial charge in [-0.1, -0.05) is 12.1 Å². The second-order valence-corrected chi connectivity index (χ2v) is 5.23. The van der Waals surface area contributed by atoms with Crippen LogP contribution in [0.4, 0.5) is 5.95 Å². The van der Waals surface area contributed by atoms with Gasteiger partial charge in [-0.15, -0.1) is 0 Å². The minimum atomic E-state index is -0.300. The fraction of sp³-hybridized carbons (Fsp3) is 0.111. The van der Waals surface area contributed by atoms with Crippen molar-refractivity contribution in [2.75, 3.05) is 5.32 Å². The monoisotopic (exact) mass is 320 g/mol. The van der Waals surface area contributed by atoms with Crippen LogP contribution in [0.3, 0.4) is 0 Å². The van der Waals surface area contributed by atoms with Gasteiger partial charge >= 0.3 is 0 Å². The first-order valence-electron chi connectivity index (χ1n) is 7.43. The molecule has 1 amide bonds. The zero-order chi connectivity index (χ0) is 16.9. The normalized spacial score (nSPS) is 10.2. The zero-order valence-electron chi connectivity index (χ0n) is 13.4. The molecule has 0 atom stereocenters. The predicted molar refractivity (Wildman–Crippen MR) is 90.2 cm³/mol. The average molecular weight is 320 g/mol. The molecular formula is C18H16N4O2. The van der Waals surface area contributed by atoms with E-state index in [9.17, 15) is 4.79 Å². The number of carbonyl (C=O) groups excluding carboxylic acids is 1. The van der Waals surface area contributed by atoms with Crippen LogP contribution in [0.2, 0.25) is 0 Å². The molecule has 0 bridgehead atoms. The smallest absolute Gasteiger partial charge is 0.258 e. The number of rotatable bonds is 4. The number of nitrogens with one attached hydrogen (secondary N) is 1. The van der Waals surface area contributed by atoms with Gasteiger partial charge in [-0.25, -0.2) is 15.0 Å². The maximum atomic E-state index is 12.4. The Morgan fingerprint density at radius 3 is 2.50 bits per heavy atom. The molecule has 6 nitrogen and oxygen atoms in total. The molecule has 1 aromatic carbocycles. The first-order valence-corrected chi connectivity index (χ1v) is 7.43. The Hall–Kier alpha value is -3.28. The van der Waals surface area contributed by atoms with Crippen molar-refractivity contribution >= 4 is 11.9 Å². The third-order valence-corrected chi connectivity index (χ3v) is 3.16. The van der Waals surface area contributed by atoms with Crippen molar-refractivity contribution in [3.63, 3.8) is 0 Å². The van der Waals surface area contributed by atoms with Gasteiger partial charge < -0.3 is 4.74 Å². The van der Waals surface area contributed by atoms with Crippen LogP contribution >= 0.6 is 0 Å². The van der Waals surface area contributed by atoms with Gasteiger partial charge in [-0.05, 0) is 44.2 Å². The highest BCUT2D eigenvalue weighted by Gasteiger charge is 2.10. The van der Waals surface area contributed by atoms with E-state index < -0.39 is 0 Å². The van der Waals surface area contributed by atoms with Crippen LogP contribution in [0, 0.1) is 13.8 Å². The first-order chi connectivity index (χ1) is 11.6. The molecule has 1 N–H and O–H groups in total. The van der Waals surface area contributed by atoms with Crippen molar-refractivity contribution in [2.24, 2.45) is 0 Å². The van der Waals surface area contributed by atoms with Crippen LogP contribution in [0.5, 0.6) is 11.6 Å². The summed E-state index contributed by atoms with van der Waals surface area (Å²) in [7, 11) is 0. The number of ether oxygens (including phenoxy) is 1. The van der Waals surface area contributed by atoms with Crippen LogP contribution in [0.25, 0.3) is 0 Å². The summed E-state index contributed by atoms with van der Waals surface area (Å²) in [5, 5.41) is 2.70.